The molecule has 0 nitrogen and oxygen atoms in total. The van der Waals surface area contributed by atoms with E-state index in [1.807, 2.05) is 0 Å². The molecule has 0 aliphatic rings. The van der Waals surface area contributed by atoms with Gasteiger partial charge in [-0.3, -0.25) is 0 Å². The Kier molecular flexibility index (Phi) is 4.31. The van der Waals surface area contributed by atoms with E-state index >= 15 is 0 Å². The van der Waals surface area contributed by atoms with Gasteiger partial charge in [0.05, 0.1) is 9.52 Å². The van der Waals surface area contributed by atoms with Gasteiger partial charge in [-0.15, -0.1) is 0 Å². The molecule has 0 N–H and O–H groups in total. The summed E-state index contributed by atoms with van der Waals surface area (Å²) >= 11 is 3.74. The molecule has 0 saturated carbocycles. The van der Waals surface area contributed by atoms with E-state index in [4.69, 9.17) is 0 Å². The van der Waals surface area contributed by atoms with E-state index < -0.39 is 0 Å². The smallest absolute Gasteiger partial charge is 0.0535 e. The number of hydrogen-bond acceptors (Lipinski definition) is 0. The fourth-order valence-corrected chi connectivity index (χ4v) is 5.15. The Morgan fingerprint density at radius 3 is 1.82 bits per heavy atom. The zero-order valence-electron chi connectivity index (χ0n) is 12.2. The topological polar surface area (TPSA) is 0 Å². The van der Waals surface area contributed by atoms with Gasteiger partial charge in [0.1, 0.15) is 0 Å². The molecule has 0 aromatic heterocycles. The van der Waals surface area contributed by atoms with Crippen LogP contribution in [0.4, 0.5) is 0 Å². The third-order valence-corrected chi connectivity index (χ3v) is 5.87. The summed E-state index contributed by atoms with van der Waals surface area (Å²) in [5.41, 5.74) is 3.54. The van der Waals surface area contributed by atoms with Crippen LogP contribution in [0, 0.1) is 0 Å². The first-order valence-electron chi connectivity index (χ1n) is 6.41. The highest BCUT2D eigenvalue weighted by molar-refractivity contribution is 9.10. The van der Waals surface area contributed by atoms with Crippen LogP contribution in [0.25, 0.3) is 0 Å². The molecule has 17 heavy (non-hydrogen) atoms. The van der Waals surface area contributed by atoms with Crippen molar-refractivity contribution in [2.75, 3.05) is 0 Å². The zero-order valence-corrected chi connectivity index (χ0v) is 15.2. The minimum absolute atomic E-state index is 0.173. The average Bonchev–Trinajstić information content (AvgIpc) is 2.13. The number of hydrogen-bond donors (Lipinski definition) is 0. The van der Waals surface area contributed by atoms with Crippen LogP contribution in [0.15, 0.2) is 16.6 Å². The molecule has 0 fully saturated rings. The van der Waals surface area contributed by atoms with Crippen molar-refractivity contribution in [2.24, 2.45) is 0 Å². The molecule has 0 atom stereocenters. The number of rotatable bonds is 1. The van der Waals surface area contributed by atoms with Gasteiger partial charge in [-0.1, -0.05) is 70.1 Å². The maximum atomic E-state index is 3.74. The van der Waals surface area contributed by atoms with E-state index in [0.29, 0.717) is 0 Å². The van der Waals surface area contributed by atoms with Crippen molar-refractivity contribution in [1.82, 2.24) is 0 Å². The molecule has 0 aliphatic carbocycles. The molecule has 2 heteroatoms. The largest absolute Gasteiger partial charge is 0.0708 e. The lowest BCUT2D eigenvalue weighted by atomic mass is 9.75. The van der Waals surface area contributed by atoms with Crippen LogP contribution in [0.1, 0.15) is 52.7 Å². The highest BCUT2D eigenvalue weighted by Crippen LogP contribution is 2.34. The molecule has 0 bridgehead atoms. The maximum absolute atomic E-state index is 3.74. The SMILES string of the molecule is C[SiH2]c1c(Br)ccc(C(C)(C)C)c1C(C)(C)C. The molecule has 0 unspecified atom stereocenters. The molecule has 96 valence electrons. The van der Waals surface area contributed by atoms with Crippen molar-refractivity contribution in [3.05, 3.63) is 27.7 Å². The predicted molar refractivity (Wildman–Crippen MR) is 85.6 cm³/mol. The monoisotopic (exact) mass is 312 g/mol. The summed E-state index contributed by atoms with van der Waals surface area (Å²) in [4.78, 5) is 0. The second-order valence-electron chi connectivity index (χ2n) is 6.80. The van der Waals surface area contributed by atoms with Crippen LogP contribution in [0.3, 0.4) is 0 Å². The van der Waals surface area contributed by atoms with Crippen molar-refractivity contribution in [3.63, 3.8) is 0 Å². The predicted octanol–water partition coefficient (Wildman–Crippen LogP) is 3.89. The van der Waals surface area contributed by atoms with Gasteiger partial charge in [0, 0.05) is 4.47 Å². The highest BCUT2D eigenvalue weighted by atomic mass is 79.9. The van der Waals surface area contributed by atoms with E-state index in [0.717, 1.165) is 0 Å². The Morgan fingerprint density at radius 2 is 1.47 bits per heavy atom. The van der Waals surface area contributed by atoms with E-state index in [2.05, 4.69) is 76.2 Å². The minimum Gasteiger partial charge on any atom is -0.0708 e. The number of benzene rings is 1. The summed E-state index contributed by atoms with van der Waals surface area (Å²) in [6.45, 7) is 16.3. The van der Waals surface area contributed by atoms with Crippen LogP contribution in [0.2, 0.25) is 6.55 Å². The second-order valence-corrected chi connectivity index (χ2v) is 9.07. The van der Waals surface area contributed by atoms with Crippen LogP contribution in [0.5, 0.6) is 0 Å². The van der Waals surface area contributed by atoms with E-state index in [-0.39, 0.29) is 20.3 Å². The molecule has 0 heterocycles. The third-order valence-electron chi connectivity index (χ3n) is 3.17. The van der Waals surface area contributed by atoms with Crippen molar-refractivity contribution < 1.29 is 0 Å². The fourth-order valence-electron chi connectivity index (χ4n) is 2.45. The van der Waals surface area contributed by atoms with Gasteiger partial charge in [0.2, 0.25) is 0 Å². The standard InChI is InChI=1S/C15H25BrSi/c1-14(2,3)10-8-9-11(16)13(17-7)12(10)15(4,5)6/h8-9H,17H2,1-7H3. The average molecular weight is 313 g/mol. The summed E-state index contributed by atoms with van der Waals surface area (Å²) < 4.78 is 1.31. The molecule has 0 amide bonds. The summed E-state index contributed by atoms with van der Waals surface area (Å²) in [6, 6.07) is 4.54. The molecular weight excluding hydrogens is 288 g/mol. The first-order valence-corrected chi connectivity index (χ1v) is 9.32. The minimum atomic E-state index is -0.173. The van der Waals surface area contributed by atoms with Gasteiger partial charge in [-0.25, -0.2) is 0 Å². The van der Waals surface area contributed by atoms with Crippen LogP contribution < -0.4 is 5.19 Å². The Balaban J connectivity index is 3.64. The second kappa shape index (κ2) is 4.89. The van der Waals surface area contributed by atoms with Gasteiger partial charge in [-0.2, -0.15) is 0 Å². The van der Waals surface area contributed by atoms with Crippen LogP contribution >= 0.6 is 15.9 Å². The first kappa shape index (κ1) is 15.0. The summed E-state index contributed by atoms with van der Waals surface area (Å²) in [6.07, 6.45) is 0. The van der Waals surface area contributed by atoms with Crippen molar-refractivity contribution in [1.29, 1.82) is 0 Å². The molecule has 0 spiro atoms. The van der Waals surface area contributed by atoms with Crippen molar-refractivity contribution in [3.8, 4) is 0 Å². The molecule has 1 aromatic carbocycles. The lowest BCUT2D eigenvalue weighted by molar-refractivity contribution is 0.533. The maximum Gasteiger partial charge on any atom is 0.0535 e. The molecule has 1 rings (SSSR count). The summed E-state index contributed by atoms with van der Waals surface area (Å²) in [7, 11) is -0.173. The van der Waals surface area contributed by atoms with Gasteiger partial charge in [0.25, 0.3) is 0 Å². The molecule has 0 radical (unpaired) electrons. The molecular formula is C15H25BrSi. The lowest BCUT2D eigenvalue weighted by Crippen LogP contribution is -2.33. The van der Waals surface area contributed by atoms with Gasteiger partial charge >= 0.3 is 0 Å². The quantitative estimate of drug-likeness (QED) is 0.690. The molecule has 0 aliphatic heterocycles. The normalized spacial score (nSPS) is 13.6. The fraction of sp³-hybridized carbons (Fsp3) is 0.600. The number of halogens is 1. The highest BCUT2D eigenvalue weighted by Gasteiger charge is 2.27. The lowest BCUT2D eigenvalue weighted by Gasteiger charge is -2.33. The van der Waals surface area contributed by atoms with Crippen molar-refractivity contribution >= 4 is 30.6 Å². The van der Waals surface area contributed by atoms with E-state index in [1.54, 1.807) is 10.8 Å². The van der Waals surface area contributed by atoms with E-state index in [1.165, 1.54) is 10.0 Å². The zero-order chi connectivity index (χ0) is 13.4. The molecule has 1 aromatic rings. The Bertz CT molecular complexity index is 408. The van der Waals surface area contributed by atoms with Gasteiger partial charge in [-0.05, 0) is 33.2 Å². The molecule has 0 saturated heterocycles. The van der Waals surface area contributed by atoms with Gasteiger partial charge in [0.15, 0.2) is 0 Å². The van der Waals surface area contributed by atoms with E-state index in [9.17, 15) is 0 Å². The van der Waals surface area contributed by atoms with Gasteiger partial charge < -0.3 is 0 Å². The summed E-state index contributed by atoms with van der Waals surface area (Å²) in [5, 5.41) is 1.60. The third kappa shape index (κ3) is 3.23. The summed E-state index contributed by atoms with van der Waals surface area (Å²) in [5.74, 6) is 0. The van der Waals surface area contributed by atoms with Crippen molar-refractivity contribution in [2.45, 2.75) is 58.9 Å². The van der Waals surface area contributed by atoms with Crippen LogP contribution in [-0.4, -0.2) is 9.52 Å². The Morgan fingerprint density at radius 1 is 0.941 bits per heavy atom. The first-order chi connectivity index (χ1) is 7.59. The van der Waals surface area contributed by atoms with Crippen LogP contribution in [-0.2, 0) is 10.8 Å². The Labute approximate surface area is 117 Å². The Hall–Kier alpha value is -0.0831.